The molecule has 7 heteroatoms. The maximum Gasteiger partial charge on any atom is 0.235 e. The third-order valence-electron chi connectivity index (χ3n) is 3.46. The molecule has 4 rings (SSSR count). The van der Waals surface area contributed by atoms with Crippen LogP contribution in [0.4, 0.5) is 0 Å². The van der Waals surface area contributed by atoms with Gasteiger partial charge in [-0.2, -0.15) is 21.4 Å². The number of thioether (sulfide) groups is 1. The van der Waals surface area contributed by atoms with Crippen LogP contribution in [0.25, 0.3) is 26.4 Å². The Labute approximate surface area is 141 Å². The van der Waals surface area contributed by atoms with Gasteiger partial charge in [0.15, 0.2) is 5.82 Å². The minimum atomic E-state index is 0.558. The Hall–Kier alpha value is -1.99. The van der Waals surface area contributed by atoms with Crippen LogP contribution in [0.15, 0.2) is 36.5 Å². The molecule has 0 unspecified atom stereocenters. The van der Waals surface area contributed by atoms with E-state index in [1.807, 2.05) is 34.6 Å². The molecule has 0 radical (unpaired) electrons. The Morgan fingerprint density at radius 3 is 2.91 bits per heavy atom. The molecule has 0 saturated carbocycles. The van der Waals surface area contributed by atoms with Crippen LogP contribution in [0.2, 0.25) is 0 Å². The fourth-order valence-corrected chi connectivity index (χ4v) is 3.92. The molecule has 4 aromatic rings. The van der Waals surface area contributed by atoms with E-state index in [1.165, 1.54) is 0 Å². The molecule has 1 aromatic carbocycles. The molecule has 116 valence electrons. The topological polar surface area (TPSA) is 56.0 Å². The van der Waals surface area contributed by atoms with Crippen molar-refractivity contribution in [3.8, 4) is 10.6 Å². The molecule has 3 heterocycles. The van der Waals surface area contributed by atoms with E-state index in [4.69, 9.17) is 5.10 Å². The standard InChI is InChI=1S/C16H15N5S2/c1-10(2)22-9-13-18-19-16-21(13)20-15(23-16)12-7-3-5-11-6-4-8-17-14(11)12/h3-8,10H,9H2,1-2H3. The molecule has 23 heavy (non-hydrogen) atoms. The number of nitrogens with zero attached hydrogens (tertiary/aromatic N) is 5. The predicted molar refractivity (Wildman–Crippen MR) is 95.8 cm³/mol. The lowest BCUT2D eigenvalue weighted by atomic mass is 10.1. The van der Waals surface area contributed by atoms with Gasteiger partial charge in [0.1, 0.15) is 5.01 Å². The van der Waals surface area contributed by atoms with E-state index in [9.17, 15) is 0 Å². The molecule has 0 aliphatic heterocycles. The molecule has 0 saturated heterocycles. The maximum atomic E-state index is 4.73. The van der Waals surface area contributed by atoms with Gasteiger partial charge in [-0.15, -0.1) is 10.2 Å². The average molecular weight is 341 g/mol. The van der Waals surface area contributed by atoms with Crippen LogP contribution in [0.1, 0.15) is 19.7 Å². The molecule has 0 aliphatic rings. The van der Waals surface area contributed by atoms with Crippen LogP contribution in [-0.2, 0) is 5.75 Å². The number of pyridine rings is 1. The van der Waals surface area contributed by atoms with Crippen molar-refractivity contribution in [1.29, 1.82) is 0 Å². The van der Waals surface area contributed by atoms with Gasteiger partial charge in [-0.1, -0.05) is 43.4 Å². The summed E-state index contributed by atoms with van der Waals surface area (Å²) in [5, 5.41) is 15.8. The zero-order valence-corrected chi connectivity index (χ0v) is 14.4. The normalized spacial score (nSPS) is 11.8. The summed E-state index contributed by atoms with van der Waals surface area (Å²) in [6, 6.07) is 10.2. The van der Waals surface area contributed by atoms with Gasteiger partial charge < -0.3 is 0 Å². The number of hydrogen-bond acceptors (Lipinski definition) is 6. The number of aromatic nitrogens is 5. The zero-order chi connectivity index (χ0) is 15.8. The Kier molecular flexibility index (Phi) is 3.74. The van der Waals surface area contributed by atoms with E-state index >= 15 is 0 Å². The average Bonchev–Trinajstić information content (AvgIpc) is 3.13. The first-order chi connectivity index (χ1) is 11.2. The number of hydrogen-bond donors (Lipinski definition) is 0. The Morgan fingerprint density at radius 1 is 1.17 bits per heavy atom. The van der Waals surface area contributed by atoms with Gasteiger partial charge in [0.2, 0.25) is 4.96 Å². The molecule has 0 N–H and O–H groups in total. The molecule has 3 aromatic heterocycles. The molecule has 0 fully saturated rings. The fraction of sp³-hybridized carbons (Fsp3) is 0.250. The van der Waals surface area contributed by atoms with Crippen molar-refractivity contribution in [2.75, 3.05) is 0 Å². The molecule has 5 nitrogen and oxygen atoms in total. The highest BCUT2D eigenvalue weighted by molar-refractivity contribution is 7.99. The Bertz CT molecular complexity index is 968. The first-order valence-electron chi connectivity index (χ1n) is 7.39. The van der Waals surface area contributed by atoms with Crippen LogP contribution in [-0.4, -0.2) is 30.0 Å². The molecule has 0 bridgehead atoms. The van der Waals surface area contributed by atoms with Crippen molar-refractivity contribution in [3.05, 3.63) is 42.4 Å². The lowest BCUT2D eigenvalue weighted by Gasteiger charge is -2.02. The zero-order valence-electron chi connectivity index (χ0n) is 12.8. The Morgan fingerprint density at radius 2 is 2.04 bits per heavy atom. The number of para-hydroxylation sites is 1. The summed E-state index contributed by atoms with van der Waals surface area (Å²) >= 11 is 3.39. The summed E-state index contributed by atoms with van der Waals surface area (Å²) in [5.74, 6) is 1.71. The van der Waals surface area contributed by atoms with E-state index in [0.29, 0.717) is 5.25 Å². The van der Waals surface area contributed by atoms with Crippen LogP contribution in [0, 0.1) is 0 Å². The highest BCUT2D eigenvalue weighted by atomic mass is 32.2. The summed E-state index contributed by atoms with van der Waals surface area (Å²) in [4.78, 5) is 5.34. The van der Waals surface area contributed by atoms with Gasteiger partial charge in [-0.05, 0) is 17.4 Å². The quantitative estimate of drug-likeness (QED) is 0.561. The van der Waals surface area contributed by atoms with Crippen LogP contribution in [0.3, 0.4) is 0 Å². The predicted octanol–water partition coefficient (Wildman–Crippen LogP) is 4.04. The van der Waals surface area contributed by atoms with Crippen LogP contribution >= 0.6 is 23.1 Å². The van der Waals surface area contributed by atoms with Crippen LogP contribution in [0.5, 0.6) is 0 Å². The van der Waals surface area contributed by atoms with Gasteiger partial charge >= 0.3 is 0 Å². The molecule has 0 atom stereocenters. The van der Waals surface area contributed by atoms with E-state index in [-0.39, 0.29) is 0 Å². The monoisotopic (exact) mass is 341 g/mol. The summed E-state index contributed by atoms with van der Waals surface area (Å²) in [5.41, 5.74) is 2.01. The number of fused-ring (bicyclic) bond motifs is 2. The number of rotatable bonds is 4. The second-order valence-corrected chi connectivity index (χ2v) is 7.98. The number of benzene rings is 1. The van der Waals surface area contributed by atoms with E-state index in [2.05, 4.69) is 47.2 Å². The van der Waals surface area contributed by atoms with Crippen molar-refractivity contribution < 1.29 is 0 Å². The van der Waals surface area contributed by atoms with E-state index in [1.54, 1.807) is 11.3 Å². The van der Waals surface area contributed by atoms with Gasteiger partial charge in [0.25, 0.3) is 0 Å². The van der Waals surface area contributed by atoms with Gasteiger partial charge in [-0.3, -0.25) is 4.98 Å². The van der Waals surface area contributed by atoms with Crippen molar-refractivity contribution in [3.63, 3.8) is 0 Å². The first kappa shape index (κ1) is 14.6. The molecular weight excluding hydrogens is 326 g/mol. The summed E-state index contributed by atoms with van der Waals surface area (Å²) in [7, 11) is 0. The third-order valence-corrected chi connectivity index (χ3v) is 5.49. The summed E-state index contributed by atoms with van der Waals surface area (Å²) < 4.78 is 1.86. The molecular formula is C16H15N5S2. The summed E-state index contributed by atoms with van der Waals surface area (Å²) in [6.45, 7) is 4.36. The fourth-order valence-electron chi connectivity index (χ4n) is 2.37. The highest BCUT2D eigenvalue weighted by Gasteiger charge is 2.15. The van der Waals surface area contributed by atoms with Crippen molar-refractivity contribution in [2.24, 2.45) is 0 Å². The minimum absolute atomic E-state index is 0.558. The molecule has 0 amide bonds. The van der Waals surface area contributed by atoms with E-state index in [0.717, 1.165) is 38.0 Å². The van der Waals surface area contributed by atoms with Crippen LogP contribution < -0.4 is 0 Å². The smallest absolute Gasteiger partial charge is 0.235 e. The van der Waals surface area contributed by atoms with E-state index < -0.39 is 0 Å². The Balaban J connectivity index is 1.80. The van der Waals surface area contributed by atoms with Gasteiger partial charge in [0, 0.05) is 17.1 Å². The summed E-state index contributed by atoms with van der Waals surface area (Å²) in [6.07, 6.45) is 1.82. The van der Waals surface area contributed by atoms with Gasteiger partial charge in [0.05, 0.1) is 11.3 Å². The first-order valence-corrected chi connectivity index (χ1v) is 9.26. The van der Waals surface area contributed by atoms with Crippen molar-refractivity contribution in [2.45, 2.75) is 24.9 Å². The maximum absolute atomic E-state index is 4.73. The van der Waals surface area contributed by atoms with Crippen molar-refractivity contribution >= 4 is 39.0 Å². The second-order valence-electron chi connectivity index (χ2n) is 5.46. The second kappa shape index (κ2) is 5.90. The lowest BCUT2D eigenvalue weighted by Crippen LogP contribution is -1.97. The minimum Gasteiger partial charge on any atom is -0.256 e. The van der Waals surface area contributed by atoms with Gasteiger partial charge in [-0.25, -0.2) is 0 Å². The highest BCUT2D eigenvalue weighted by Crippen LogP contribution is 2.31. The molecule has 0 aliphatic carbocycles. The largest absolute Gasteiger partial charge is 0.256 e. The third kappa shape index (κ3) is 2.70. The molecule has 0 spiro atoms. The SMILES string of the molecule is CC(C)SCc1nnc2sc(-c3cccc4cccnc34)nn12. The van der Waals surface area contributed by atoms with Crippen molar-refractivity contribution in [1.82, 2.24) is 24.8 Å². The lowest BCUT2D eigenvalue weighted by molar-refractivity contribution is 0.885.